The van der Waals surface area contributed by atoms with E-state index in [0.29, 0.717) is 23.7 Å². The van der Waals surface area contributed by atoms with E-state index < -0.39 is 24.0 Å². The van der Waals surface area contributed by atoms with Gasteiger partial charge in [-0.15, -0.1) is 10.2 Å². The molecular formula is C25H29F4N5O2. The largest absolute Gasteiger partial charge is 0.381 e. The predicted octanol–water partition coefficient (Wildman–Crippen LogP) is 4.17. The number of benzene rings is 1. The van der Waals surface area contributed by atoms with E-state index in [-0.39, 0.29) is 23.0 Å². The van der Waals surface area contributed by atoms with Gasteiger partial charge in [-0.25, -0.2) is 8.78 Å². The second-order valence-corrected chi connectivity index (χ2v) is 10.0. The van der Waals surface area contributed by atoms with E-state index in [1.165, 1.54) is 6.07 Å². The zero-order chi connectivity index (χ0) is 25.2. The van der Waals surface area contributed by atoms with E-state index in [1.807, 2.05) is 5.32 Å². The molecule has 3 aliphatic rings. The molecule has 1 amide bonds. The summed E-state index contributed by atoms with van der Waals surface area (Å²) in [4.78, 5) is 13.8. The maximum atomic E-state index is 14.4. The van der Waals surface area contributed by atoms with E-state index in [2.05, 4.69) is 20.4 Å². The number of ether oxygens (including phenoxy) is 1. The average Bonchev–Trinajstić information content (AvgIpc) is 3.40. The molecular weight excluding hydrogens is 478 g/mol. The second-order valence-electron chi connectivity index (χ2n) is 10.0. The lowest BCUT2D eigenvalue weighted by atomic mass is 10.00. The predicted molar refractivity (Wildman–Crippen MR) is 126 cm³/mol. The Bertz CT molecular complexity index is 1070. The number of hydrogen-bond donors (Lipinski definition) is 2. The molecule has 5 rings (SSSR count). The Morgan fingerprint density at radius 2 is 1.81 bits per heavy atom. The van der Waals surface area contributed by atoms with Crippen LogP contribution in [0, 0.1) is 29.4 Å². The summed E-state index contributed by atoms with van der Waals surface area (Å²) in [7, 11) is 0. The Balaban J connectivity index is 1.17. The molecule has 0 bridgehead atoms. The minimum absolute atomic E-state index is 0.0251. The van der Waals surface area contributed by atoms with Crippen LogP contribution in [0.25, 0.3) is 11.3 Å². The number of likely N-dealkylation sites (tertiary alicyclic amines) is 1. The number of fused-ring (bicyclic) bond motifs is 1. The molecule has 194 valence electrons. The maximum absolute atomic E-state index is 14.4. The normalized spacial score (nSPS) is 24.8. The molecule has 7 nitrogen and oxygen atoms in total. The first-order chi connectivity index (χ1) is 17.4. The Kier molecular flexibility index (Phi) is 7.38. The fourth-order valence-electron chi connectivity index (χ4n) is 5.76. The minimum atomic E-state index is -3.28. The smallest absolute Gasteiger partial charge is 0.315 e. The number of hydrogen-bond acceptors (Lipinski definition) is 6. The summed E-state index contributed by atoms with van der Waals surface area (Å²) >= 11 is 0. The Morgan fingerprint density at radius 3 is 2.44 bits per heavy atom. The topological polar surface area (TPSA) is 79.4 Å². The number of carbonyl (C=O) groups excluding carboxylic acids is 1. The number of alkyl halides is 2. The number of anilines is 2. The highest BCUT2D eigenvalue weighted by Gasteiger charge is 2.41. The van der Waals surface area contributed by atoms with Crippen LogP contribution in [0.15, 0.2) is 24.3 Å². The fraction of sp³-hybridized carbons (Fsp3) is 0.560. The zero-order valence-corrected chi connectivity index (χ0v) is 19.7. The van der Waals surface area contributed by atoms with Crippen LogP contribution in [0.3, 0.4) is 0 Å². The van der Waals surface area contributed by atoms with Gasteiger partial charge in [-0.05, 0) is 61.6 Å². The van der Waals surface area contributed by atoms with Gasteiger partial charge in [0.05, 0.1) is 5.69 Å². The van der Waals surface area contributed by atoms with Gasteiger partial charge >= 0.3 is 6.43 Å². The first-order valence-corrected chi connectivity index (χ1v) is 12.3. The molecule has 36 heavy (non-hydrogen) atoms. The third kappa shape index (κ3) is 5.62. The summed E-state index contributed by atoms with van der Waals surface area (Å²) in [5.41, 5.74) is -0.544. The number of amides is 1. The van der Waals surface area contributed by atoms with Gasteiger partial charge in [0, 0.05) is 56.2 Å². The van der Waals surface area contributed by atoms with Crippen molar-refractivity contribution in [1.82, 2.24) is 15.1 Å². The van der Waals surface area contributed by atoms with Crippen molar-refractivity contribution in [2.45, 2.75) is 38.2 Å². The number of nitrogens with zero attached hydrogens (tertiary/aromatic N) is 3. The van der Waals surface area contributed by atoms with Gasteiger partial charge < -0.3 is 20.3 Å². The van der Waals surface area contributed by atoms with Crippen molar-refractivity contribution in [1.29, 1.82) is 0 Å². The molecule has 2 aliphatic heterocycles. The lowest BCUT2D eigenvalue weighted by Crippen LogP contribution is -2.32. The molecule has 1 aromatic carbocycles. The van der Waals surface area contributed by atoms with Gasteiger partial charge in [0.25, 0.3) is 5.91 Å². The minimum Gasteiger partial charge on any atom is -0.381 e. The highest BCUT2D eigenvalue weighted by atomic mass is 19.3. The summed E-state index contributed by atoms with van der Waals surface area (Å²) in [5.74, 6) is -1.52. The van der Waals surface area contributed by atoms with Crippen LogP contribution >= 0.6 is 0 Å². The van der Waals surface area contributed by atoms with Gasteiger partial charge in [0.15, 0.2) is 11.6 Å². The van der Waals surface area contributed by atoms with Crippen molar-refractivity contribution in [3.05, 3.63) is 35.9 Å². The number of rotatable bonds is 7. The first kappa shape index (κ1) is 24.9. The van der Waals surface area contributed by atoms with Crippen LogP contribution < -0.4 is 10.6 Å². The quantitative estimate of drug-likeness (QED) is 0.548. The van der Waals surface area contributed by atoms with Gasteiger partial charge in [0.1, 0.15) is 5.82 Å². The molecule has 0 spiro atoms. The van der Waals surface area contributed by atoms with Gasteiger partial charge in [-0.3, -0.25) is 4.79 Å². The highest BCUT2D eigenvalue weighted by molar-refractivity contribution is 5.93. The van der Waals surface area contributed by atoms with E-state index in [9.17, 15) is 22.4 Å². The van der Waals surface area contributed by atoms with E-state index in [0.717, 1.165) is 70.5 Å². The molecule has 3 atom stereocenters. The summed E-state index contributed by atoms with van der Waals surface area (Å²) in [5, 5.41) is 13.4. The molecule has 2 aromatic rings. The number of halogens is 4. The average molecular weight is 508 g/mol. The van der Waals surface area contributed by atoms with Crippen molar-refractivity contribution in [3.63, 3.8) is 0 Å². The fourth-order valence-corrected chi connectivity index (χ4v) is 5.76. The van der Waals surface area contributed by atoms with Crippen LogP contribution in [0.5, 0.6) is 0 Å². The highest BCUT2D eigenvalue weighted by Crippen LogP contribution is 2.39. The monoisotopic (exact) mass is 507 g/mol. The summed E-state index contributed by atoms with van der Waals surface area (Å²) < 4.78 is 58.9. The second kappa shape index (κ2) is 10.7. The number of carbonyl (C=O) groups is 1. The Labute approximate surface area is 206 Å². The Morgan fingerprint density at radius 1 is 1.08 bits per heavy atom. The number of nitrogens with one attached hydrogen (secondary N) is 2. The molecule has 2 unspecified atom stereocenters. The SMILES string of the molecule is O=C(Nc1cc(F)c(F)c(-c2ccc(NC3CC4CN(CC5CCOCC5)C[C@H]4C3)nn2)c1)C(F)F. The van der Waals surface area contributed by atoms with Crippen LogP contribution in [-0.2, 0) is 9.53 Å². The van der Waals surface area contributed by atoms with Crippen molar-refractivity contribution in [2.24, 2.45) is 17.8 Å². The molecule has 3 heterocycles. The summed E-state index contributed by atoms with van der Waals surface area (Å²) in [6.07, 6.45) is 1.11. The first-order valence-electron chi connectivity index (χ1n) is 12.3. The number of aromatic nitrogens is 2. The van der Waals surface area contributed by atoms with E-state index in [4.69, 9.17) is 4.74 Å². The molecule has 0 radical (unpaired) electrons. The third-order valence-electron chi connectivity index (χ3n) is 7.47. The molecule has 1 aliphatic carbocycles. The zero-order valence-electron chi connectivity index (χ0n) is 19.7. The van der Waals surface area contributed by atoms with Crippen molar-refractivity contribution < 1.29 is 27.1 Å². The van der Waals surface area contributed by atoms with Crippen molar-refractivity contribution in [2.75, 3.05) is 43.5 Å². The van der Waals surface area contributed by atoms with E-state index >= 15 is 0 Å². The van der Waals surface area contributed by atoms with Crippen LogP contribution in [0.2, 0.25) is 0 Å². The van der Waals surface area contributed by atoms with Gasteiger partial charge in [-0.2, -0.15) is 8.78 Å². The van der Waals surface area contributed by atoms with Gasteiger partial charge in [0.2, 0.25) is 0 Å². The molecule has 11 heteroatoms. The summed E-state index contributed by atoms with van der Waals surface area (Å²) in [6, 6.07) is 5.09. The van der Waals surface area contributed by atoms with Crippen LogP contribution in [0.4, 0.5) is 29.1 Å². The van der Waals surface area contributed by atoms with Crippen molar-refractivity contribution in [3.8, 4) is 11.3 Å². The molecule has 2 N–H and O–H groups in total. The lowest BCUT2D eigenvalue weighted by Gasteiger charge is -2.27. The van der Waals surface area contributed by atoms with E-state index in [1.54, 1.807) is 6.07 Å². The summed E-state index contributed by atoms with van der Waals surface area (Å²) in [6.45, 7) is 5.15. The van der Waals surface area contributed by atoms with Gasteiger partial charge in [-0.1, -0.05) is 0 Å². The van der Waals surface area contributed by atoms with Crippen LogP contribution in [0.1, 0.15) is 25.7 Å². The third-order valence-corrected chi connectivity index (χ3v) is 7.47. The molecule has 2 saturated heterocycles. The standard InChI is InChI=1S/C25H29F4N5O2/c26-20-10-18(31-25(35)24(28)29)9-19(23(20)27)21-1-2-22(33-32-21)30-17-7-15-12-34(13-16(15)8-17)11-14-3-5-36-6-4-14/h1-2,9-10,14-17,24H,3-8,11-13H2,(H,30,33)(H,31,35)/t15-,16?,17?/m1/s1. The van der Waals surface area contributed by atoms with Crippen molar-refractivity contribution >= 4 is 17.4 Å². The lowest BCUT2D eigenvalue weighted by molar-refractivity contribution is -0.126. The Hall–Kier alpha value is -2.79. The maximum Gasteiger partial charge on any atom is 0.315 e. The molecule has 3 fully saturated rings. The molecule has 1 saturated carbocycles. The van der Waals surface area contributed by atoms with Crippen LogP contribution in [-0.4, -0.2) is 66.3 Å². The molecule has 1 aromatic heterocycles.